The van der Waals surface area contributed by atoms with Gasteiger partial charge in [0.1, 0.15) is 0 Å². The molecule has 0 aromatic heterocycles. The summed E-state index contributed by atoms with van der Waals surface area (Å²) in [7, 11) is -6.64. The van der Waals surface area contributed by atoms with E-state index in [1.54, 1.807) is 24.3 Å². The number of hydrogen-bond donors (Lipinski definition) is 0. The maximum Gasteiger partial charge on any atom is 0.158 e. The fraction of sp³-hybridized carbons (Fsp3) is 0.280. The van der Waals surface area contributed by atoms with Crippen LogP contribution in [0, 0.1) is 0 Å². The van der Waals surface area contributed by atoms with Gasteiger partial charge in [-0.2, -0.15) is 0 Å². The van der Waals surface area contributed by atoms with Crippen LogP contribution in [0.4, 0.5) is 0 Å². The summed E-state index contributed by atoms with van der Waals surface area (Å²) in [4.78, 5) is 0. The topological polar surface area (TPSA) is 68.3 Å². The Hall–Kier alpha value is -2.44. The van der Waals surface area contributed by atoms with Crippen molar-refractivity contribution in [3.05, 3.63) is 106 Å². The lowest BCUT2D eigenvalue weighted by Gasteiger charge is -2.08. The maximum absolute atomic E-state index is 12.6. The zero-order chi connectivity index (χ0) is 21.9. The minimum Gasteiger partial charge on any atom is -0.228 e. The van der Waals surface area contributed by atoms with E-state index in [9.17, 15) is 16.8 Å². The third kappa shape index (κ3) is 6.28. The Morgan fingerprint density at radius 2 is 0.613 bits per heavy atom. The SMILES string of the molecule is O=S1(=O)Cc2ccc(cc2)CCCc2ccc(cc2)CS(=O)(=O)Cc2ccc(cc2)C1. The summed E-state index contributed by atoms with van der Waals surface area (Å²) in [6.07, 6.45) is 2.80. The Morgan fingerprint density at radius 3 is 0.871 bits per heavy atom. The fourth-order valence-corrected chi connectivity index (χ4v) is 6.96. The smallest absolute Gasteiger partial charge is 0.158 e. The molecule has 0 aliphatic carbocycles. The van der Waals surface area contributed by atoms with Crippen molar-refractivity contribution in [2.24, 2.45) is 0 Å². The number of fused-ring (bicyclic) bond motifs is 3. The first kappa shape index (κ1) is 21.8. The number of sulfone groups is 2. The molecule has 162 valence electrons. The predicted octanol–water partition coefficient (Wildman–Crippen LogP) is 4.41. The Labute approximate surface area is 184 Å². The molecular formula is C25H26O4S2. The second-order valence-corrected chi connectivity index (χ2v) is 12.5. The van der Waals surface area contributed by atoms with Gasteiger partial charge < -0.3 is 0 Å². The van der Waals surface area contributed by atoms with E-state index in [-0.39, 0.29) is 23.0 Å². The van der Waals surface area contributed by atoms with Gasteiger partial charge in [0.2, 0.25) is 0 Å². The Kier molecular flexibility index (Phi) is 6.30. The van der Waals surface area contributed by atoms with E-state index in [2.05, 4.69) is 0 Å². The normalized spacial score (nSPS) is 18.5. The van der Waals surface area contributed by atoms with Crippen LogP contribution < -0.4 is 0 Å². The molecule has 0 spiro atoms. The Balaban J connectivity index is 1.63. The molecule has 31 heavy (non-hydrogen) atoms. The van der Waals surface area contributed by atoms with E-state index in [0.29, 0.717) is 11.1 Å². The van der Waals surface area contributed by atoms with Crippen molar-refractivity contribution >= 4 is 19.7 Å². The van der Waals surface area contributed by atoms with Gasteiger partial charge in [-0.05, 0) is 52.6 Å². The average molecular weight is 455 g/mol. The molecule has 6 heteroatoms. The number of aryl methyl sites for hydroxylation is 2. The predicted molar refractivity (Wildman–Crippen MR) is 124 cm³/mol. The van der Waals surface area contributed by atoms with Crippen molar-refractivity contribution in [1.29, 1.82) is 0 Å². The summed E-state index contributed by atoms with van der Waals surface area (Å²) < 4.78 is 50.5. The van der Waals surface area contributed by atoms with Gasteiger partial charge in [0.15, 0.2) is 19.7 Å². The molecule has 4 heterocycles. The lowest BCUT2D eigenvalue weighted by Crippen LogP contribution is -2.09. The highest BCUT2D eigenvalue weighted by Crippen LogP contribution is 2.18. The number of hydrogen-bond acceptors (Lipinski definition) is 4. The van der Waals surface area contributed by atoms with E-state index in [0.717, 1.165) is 30.4 Å². The molecule has 0 amide bonds. The molecular weight excluding hydrogens is 428 g/mol. The average Bonchev–Trinajstić information content (AvgIpc) is 2.71. The van der Waals surface area contributed by atoms with E-state index in [4.69, 9.17) is 0 Å². The summed E-state index contributed by atoms with van der Waals surface area (Å²) in [5.41, 5.74) is 5.27. The minimum atomic E-state index is -3.32. The summed E-state index contributed by atoms with van der Waals surface area (Å²) in [5, 5.41) is 0. The van der Waals surface area contributed by atoms with E-state index in [1.807, 2.05) is 48.5 Å². The van der Waals surface area contributed by atoms with Gasteiger partial charge in [-0.3, -0.25) is 0 Å². The van der Waals surface area contributed by atoms with Crippen LogP contribution in [-0.4, -0.2) is 16.8 Å². The first-order valence-corrected chi connectivity index (χ1v) is 14.0. The second kappa shape index (κ2) is 8.97. The van der Waals surface area contributed by atoms with Crippen molar-refractivity contribution < 1.29 is 16.8 Å². The molecule has 0 N–H and O–H groups in total. The number of benzene rings is 3. The second-order valence-electron chi connectivity index (χ2n) is 8.37. The van der Waals surface area contributed by atoms with Crippen molar-refractivity contribution in [2.45, 2.75) is 42.3 Å². The molecule has 4 aliphatic rings. The summed E-state index contributed by atoms with van der Waals surface area (Å²) in [6, 6.07) is 22.5. The van der Waals surface area contributed by atoms with Crippen LogP contribution in [-0.2, 0) is 55.5 Å². The van der Waals surface area contributed by atoms with Gasteiger partial charge in [0.05, 0.1) is 23.0 Å². The van der Waals surface area contributed by atoms with E-state index >= 15 is 0 Å². The third-order valence-electron chi connectivity index (χ3n) is 5.55. The molecule has 7 rings (SSSR count). The molecule has 0 unspecified atom stereocenters. The quantitative estimate of drug-likeness (QED) is 0.505. The zero-order valence-corrected chi connectivity index (χ0v) is 19.0. The van der Waals surface area contributed by atoms with Crippen molar-refractivity contribution in [3.8, 4) is 0 Å². The van der Waals surface area contributed by atoms with E-state index < -0.39 is 19.7 Å². The lowest BCUT2D eigenvalue weighted by atomic mass is 10.0. The van der Waals surface area contributed by atoms with Crippen LogP contribution >= 0.6 is 0 Å². The van der Waals surface area contributed by atoms with Crippen LogP contribution in [0.1, 0.15) is 39.8 Å². The molecule has 4 aliphatic heterocycles. The molecule has 3 aromatic carbocycles. The van der Waals surface area contributed by atoms with Gasteiger partial charge in [-0.15, -0.1) is 0 Å². The summed E-state index contributed by atoms with van der Waals surface area (Å²) >= 11 is 0. The molecule has 0 radical (unpaired) electrons. The highest BCUT2D eigenvalue weighted by molar-refractivity contribution is 7.90. The molecule has 6 bridgehead atoms. The van der Waals surface area contributed by atoms with Crippen LogP contribution in [0.15, 0.2) is 72.8 Å². The zero-order valence-electron chi connectivity index (χ0n) is 17.3. The molecule has 0 saturated carbocycles. The molecule has 0 atom stereocenters. The van der Waals surface area contributed by atoms with Gasteiger partial charge in [-0.1, -0.05) is 72.8 Å². The van der Waals surface area contributed by atoms with Crippen molar-refractivity contribution in [2.75, 3.05) is 0 Å². The Bertz CT molecular complexity index is 1140. The molecule has 4 nitrogen and oxygen atoms in total. The molecule has 0 fully saturated rings. The van der Waals surface area contributed by atoms with Gasteiger partial charge in [0.25, 0.3) is 0 Å². The van der Waals surface area contributed by atoms with Crippen LogP contribution in [0.2, 0.25) is 0 Å². The van der Waals surface area contributed by atoms with Crippen LogP contribution in [0.3, 0.4) is 0 Å². The minimum absolute atomic E-state index is 0.00443. The standard InChI is InChI=1S/C25H26O4S2/c26-30(27)16-22-8-4-20(5-9-22)2-1-3-21-6-10-23(11-7-21)17-31(28,29)19-25-14-12-24(18-30)13-15-25/h4-15H,1-3,16-19H2. The molecule has 0 saturated heterocycles. The Morgan fingerprint density at radius 1 is 0.387 bits per heavy atom. The van der Waals surface area contributed by atoms with Crippen LogP contribution in [0.25, 0.3) is 0 Å². The molecule has 3 aromatic rings. The fourth-order valence-electron chi connectivity index (χ4n) is 3.95. The monoisotopic (exact) mass is 454 g/mol. The highest BCUT2D eigenvalue weighted by Gasteiger charge is 2.16. The largest absolute Gasteiger partial charge is 0.228 e. The van der Waals surface area contributed by atoms with Crippen molar-refractivity contribution in [1.82, 2.24) is 0 Å². The lowest BCUT2D eigenvalue weighted by molar-refractivity contribution is 0.592. The summed E-state index contributed by atoms with van der Waals surface area (Å²) in [5.74, 6) is -0.132. The highest BCUT2D eigenvalue weighted by atomic mass is 32.2. The van der Waals surface area contributed by atoms with Gasteiger partial charge in [-0.25, -0.2) is 16.8 Å². The first-order valence-electron chi connectivity index (χ1n) is 10.4. The van der Waals surface area contributed by atoms with Gasteiger partial charge >= 0.3 is 0 Å². The maximum atomic E-state index is 12.6. The first-order chi connectivity index (χ1) is 14.8. The van der Waals surface area contributed by atoms with Crippen molar-refractivity contribution in [3.63, 3.8) is 0 Å². The van der Waals surface area contributed by atoms with E-state index in [1.165, 1.54) is 11.1 Å². The van der Waals surface area contributed by atoms with Gasteiger partial charge in [0, 0.05) is 0 Å². The summed E-state index contributed by atoms with van der Waals surface area (Å²) in [6.45, 7) is 0. The number of rotatable bonds is 0. The van der Waals surface area contributed by atoms with Crippen LogP contribution in [0.5, 0.6) is 0 Å². The third-order valence-corrected chi connectivity index (χ3v) is 8.64.